The molecule has 0 aliphatic carbocycles. The number of benzene rings is 3. The predicted octanol–water partition coefficient (Wildman–Crippen LogP) is 5.75. The van der Waals surface area contributed by atoms with Crippen LogP contribution >= 0.6 is 11.6 Å². The maximum absolute atomic E-state index is 13.6. The summed E-state index contributed by atoms with van der Waals surface area (Å²) in [4.78, 5) is 17.8. The van der Waals surface area contributed by atoms with Gasteiger partial charge in [0.15, 0.2) is 0 Å². The number of sulfonamides is 1. The summed E-state index contributed by atoms with van der Waals surface area (Å²) < 4.78 is 48.5. The van der Waals surface area contributed by atoms with Crippen molar-refractivity contribution in [1.29, 1.82) is 0 Å². The van der Waals surface area contributed by atoms with Crippen molar-refractivity contribution < 1.29 is 22.0 Å². The number of furan rings is 1. The molecule has 0 saturated heterocycles. The van der Waals surface area contributed by atoms with Crippen molar-refractivity contribution in [2.75, 3.05) is 11.9 Å². The first-order valence-electron chi connectivity index (χ1n) is 11.8. The highest BCUT2D eigenvalue weighted by Crippen LogP contribution is 2.25. The normalized spacial score (nSPS) is 11.6. The van der Waals surface area contributed by atoms with Gasteiger partial charge in [-0.05, 0) is 60.7 Å². The summed E-state index contributed by atoms with van der Waals surface area (Å²) in [5, 5.41) is 3.10. The molecule has 5 rings (SSSR count). The van der Waals surface area contributed by atoms with Gasteiger partial charge in [0.2, 0.25) is 21.9 Å². The summed E-state index contributed by atoms with van der Waals surface area (Å²) in [6.07, 6.45) is 3.14. The number of halogens is 2. The van der Waals surface area contributed by atoms with Gasteiger partial charge in [0.1, 0.15) is 11.6 Å². The zero-order valence-corrected chi connectivity index (χ0v) is 21.9. The Morgan fingerprint density at radius 1 is 0.974 bits per heavy atom. The van der Waals surface area contributed by atoms with Crippen molar-refractivity contribution in [3.63, 3.8) is 0 Å². The molecule has 1 N–H and O–H groups in total. The average molecular weight is 565 g/mol. The number of anilines is 1. The van der Waals surface area contributed by atoms with Gasteiger partial charge < -0.3 is 4.42 Å². The molecule has 1 amide bonds. The highest BCUT2D eigenvalue weighted by atomic mass is 35.5. The van der Waals surface area contributed by atoms with Crippen LogP contribution in [0.25, 0.3) is 16.9 Å². The van der Waals surface area contributed by atoms with E-state index in [2.05, 4.69) is 10.3 Å². The van der Waals surface area contributed by atoms with E-state index in [1.54, 1.807) is 35.0 Å². The molecule has 0 spiro atoms. The van der Waals surface area contributed by atoms with Gasteiger partial charge in [-0.25, -0.2) is 17.8 Å². The molecule has 5 aromatic rings. The van der Waals surface area contributed by atoms with Gasteiger partial charge in [-0.3, -0.25) is 14.7 Å². The van der Waals surface area contributed by atoms with Crippen LogP contribution in [0.15, 0.2) is 113 Å². The van der Waals surface area contributed by atoms with Gasteiger partial charge in [-0.2, -0.15) is 4.31 Å². The van der Waals surface area contributed by atoms with E-state index in [9.17, 15) is 17.6 Å². The molecular formula is C28H22ClFN4O4S. The number of hydrogen-bond donors (Lipinski definition) is 1. The van der Waals surface area contributed by atoms with Crippen LogP contribution in [0.4, 0.5) is 10.3 Å². The summed E-state index contributed by atoms with van der Waals surface area (Å²) in [6, 6.07) is 24.0. The maximum Gasteiger partial charge on any atom is 0.243 e. The van der Waals surface area contributed by atoms with E-state index in [-0.39, 0.29) is 17.4 Å². The number of nitrogens with one attached hydrogen (secondary N) is 1. The molecule has 11 heteroatoms. The number of nitrogens with zero attached hydrogens (tertiary/aromatic N) is 3. The minimum absolute atomic E-state index is 0.0227. The van der Waals surface area contributed by atoms with Crippen molar-refractivity contribution in [3.8, 4) is 16.9 Å². The van der Waals surface area contributed by atoms with E-state index < -0.39 is 28.3 Å². The third-order valence-corrected chi connectivity index (χ3v) is 7.87. The predicted molar refractivity (Wildman–Crippen MR) is 145 cm³/mol. The Balaban J connectivity index is 1.46. The van der Waals surface area contributed by atoms with Crippen LogP contribution in [0.5, 0.6) is 0 Å². The quantitative estimate of drug-likeness (QED) is 0.246. The average Bonchev–Trinajstić information content (AvgIpc) is 3.60. The number of amides is 1. The standard InChI is InChI=1S/C28H22ClFN4O4S/c29-21-8-14-25(15-9-21)39(36,37)33(17-24-7-4-16-38-24)19-27(35)32-28-31-26(20-5-2-1-3-6-20)18-34(28)23-12-10-22(30)11-13-23/h1-16,18H,17,19H2,(H,31,32,35). The van der Waals surface area contributed by atoms with Crippen LogP contribution in [-0.2, 0) is 21.4 Å². The monoisotopic (exact) mass is 564 g/mol. The molecule has 2 aromatic heterocycles. The first-order chi connectivity index (χ1) is 18.8. The minimum Gasteiger partial charge on any atom is -0.468 e. The Labute approximate surface area is 229 Å². The molecular weight excluding hydrogens is 543 g/mol. The summed E-state index contributed by atoms with van der Waals surface area (Å²) in [7, 11) is -4.10. The number of rotatable bonds is 9. The summed E-state index contributed by atoms with van der Waals surface area (Å²) in [5.41, 5.74) is 1.93. The number of imidazole rings is 1. The van der Waals surface area contributed by atoms with Crippen LogP contribution in [0.3, 0.4) is 0 Å². The fraction of sp³-hybridized carbons (Fsp3) is 0.0714. The SMILES string of the molecule is O=C(CN(Cc1ccco1)S(=O)(=O)c1ccc(Cl)cc1)Nc1nc(-c2ccccc2)cn1-c1ccc(F)cc1. The summed E-state index contributed by atoms with van der Waals surface area (Å²) in [5.74, 6) is -0.534. The zero-order chi connectivity index (χ0) is 27.4. The number of hydrogen-bond acceptors (Lipinski definition) is 5. The number of aromatic nitrogens is 2. The Kier molecular flexibility index (Phi) is 7.60. The molecule has 0 radical (unpaired) electrons. The fourth-order valence-corrected chi connectivity index (χ4v) is 5.39. The Bertz CT molecular complexity index is 1670. The molecule has 198 valence electrons. The summed E-state index contributed by atoms with van der Waals surface area (Å²) in [6.45, 7) is -0.699. The van der Waals surface area contributed by atoms with E-state index in [0.29, 0.717) is 22.2 Å². The summed E-state index contributed by atoms with van der Waals surface area (Å²) >= 11 is 5.93. The molecule has 0 aliphatic rings. The Morgan fingerprint density at radius 3 is 2.36 bits per heavy atom. The van der Waals surface area contributed by atoms with E-state index in [1.165, 1.54) is 42.7 Å². The third kappa shape index (κ3) is 6.09. The van der Waals surface area contributed by atoms with Crippen LogP contribution in [0.1, 0.15) is 5.76 Å². The van der Waals surface area contributed by atoms with Crippen LogP contribution in [0.2, 0.25) is 5.02 Å². The molecule has 39 heavy (non-hydrogen) atoms. The van der Waals surface area contributed by atoms with E-state index >= 15 is 0 Å². The second kappa shape index (κ2) is 11.2. The molecule has 0 fully saturated rings. The maximum atomic E-state index is 13.6. The van der Waals surface area contributed by atoms with Crippen molar-refractivity contribution in [2.45, 2.75) is 11.4 Å². The molecule has 0 bridgehead atoms. The smallest absolute Gasteiger partial charge is 0.243 e. The molecule has 0 atom stereocenters. The highest BCUT2D eigenvalue weighted by Gasteiger charge is 2.28. The fourth-order valence-electron chi connectivity index (χ4n) is 3.90. The van der Waals surface area contributed by atoms with Gasteiger partial charge in [-0.15, -0.1) is 0 Å². The lowest BCUT2D eigenvalue weighted by Crippen LogP contribution is -2.37. The second-order valence-electron chi connectivity index (χ2n) is 8.52. The Morgan fingerprint density at radius 2 is 1.69 bits per heavy atom. The molecule has 0 aliphatic heterocycles. The minimum atomic E-state index is -4.10. The third-order valence-electron chi connectivity index (χ3n) is 5.82. The van der Waals surface area contributed by atoms with Gasteiger partial charge in [0.05, 0.1) is 29.9 Å². The van der Waals surface area contributed by atoms with Crippen LogP contribution in [-0.4, -0.2) is 34.7 Å². The first kappa shape index (κ1) is 26.4. The van der Waals surface area contributed by atoms with Gasteiger partial charge >= 0.3 is 0 Å². The lowest BCUT2D eigenvalue weighted by atomic mass is 10.2. The first-order valence-corrected chi connectivity index (χ1v) is 13.6. The highest BCUT2D eigenvalue weighted by molar-refractivity contribution is 7.89. The van der Waals surface area contributed by atoms with Crippen molar-refractivity contribution >= 4 is 33.5 Å². The van der Waals surface area contributed by atoms with E-state index in [1.807, 2.05) is 30.3 Å². The molecule has 8 nitrogen and oxygen atoms in total. The van der Waals surface area contributed by atoms with E-state index in [0.717, 1.165) is 9.87 Å². The number of carbonyl (C=O) groups is 1. The van der Waals surface area contributed by atoms with Crippen LogP contribution in [0, 0.1) is 5.82 Å². The van der Waals surface area contributed by atoms with Crippen molar-refractivity contribution in [3.05, 3.63) is 120 Å². The van der Waals surface area contributed by atoms with Gasteiger partial charge in [0.25, 0.3) is 0 Å². The van der Waals surface area contributed by atoms with Crippen molar-refractivity contribution in [2.24, 2.45) is 0 Å². The topological polar surface area (TPSA) is 97.4 Å². The largest absolute Gasteiger partial charge is 0.468 e. The van der Waals surface area contributed by atoms with E-state index in [4.69, 9.17) is 16.0 Å². The second-order valence-corrected chi connectivity index (χ2v) is 10.9. The molecule has 3 aromatic carbocycles. The molecule has 0 saturated carbocycles. The zero-order valence-electron chi connectivity index (χ0n) is 20.4. The lowest BCUT2D eigenvalue weighted by molar-refractivity contribution is -0.116. The van der Waals surface area contributed by atoms with Gasteiger partial charge in [-0.1, -0.05) is 41.9 Å². The van der Waals surface area contributed by atoms with Gasteiger partial charge in [0, 0.05) is 22.5 Å². The molecule has 0 unspecified atom stereocenters. The Hall–Kier alpha value is -4.25. The number of carbonyl (C=O) groups excluding carboxylic acids is 1. The lowest BCUT2D eigenvalue weighted by Gasteiger charge is -2.21. The van der Waals surface area contributed by atoms with Crippen molar-refractivity contribution in [1.82, 2.24) is 13.9 Å². The van der Waals surface area contributed by atoms with Crippen LogP contribution < -0.4 is 5.32 Å². The molecule has 2 heterocycles.